The van der Waals surface area contributed by atoms with E-state index >= 15 is 0 Å². The second-order valence-corrected chi connectivity index (χ2v) is 3.94. The lowest BCUT2D eigenvalue weighted by Crippen LogP contribution is -2.15. The Labute approximate surface area is 114 Å². The molecular weight excluding hydrogens is 256 g/mol. The number of amides is 2. The SMILES string of the molecule is N#Cc1ccc(NC(=O)c2ccc(C(N)=O)nc2)cc1. The monoisotopic (exact) mass is 266 g/mol. The number of anilines is 1. The molecule has 0 aliphatic rings. The summed E-state index contributed by atoms with van der Waals surface area (Å²) < 4.78 is 0. The maximum Gasteiger partial charge on any atom is 0.267 e. The molecule has 0 saturated carbocycles. The molecule has 0 radical (unpaired) electrons. The molecule has 1 heterocycles. The minimum absolute atomic E-state index is 0.0972. The van der Waals surface area contributed by atoms with Crippen LogP contribution in [-0.2, 0) is 0 Å². The molecule has 20 heavy (non-hydrogen) atoms. The molecule has 0 unspecified atom stereocenters. The van der Waals surface area contributed by atoms with E-state index in [-0.39, 0.29) is 11.6 Å². The molecule has 0 fully saturated rings. The smallest absolute Gasteiger partial charge is 0.267 e. The second kappa shape index (κ2) is 5.63. The summed E-state index contributed by atoms with van der Waals surface area (Å²) in [5.41, 5.74) is 6.54. The molecule has 2 rings (SSSR count). The molecule has 3 N–H and O–H groups in total. The quantitative estimate of drug-likeness (QED) is 0.872. The standard InChI is InChI=1S/C14H10N4O2/c15-7-9-1-4-11(5-2-9)18-14(20)10-3-6-12(13(16)19)17-8-10/h1-6,8H,(H2,16,19)(H,18,20). The predicted molar refractivity (Wildman–Crippen MR) is 71.9 cm³/mol. The number of hydrogen-bond acceptors (Lipinski definition) is 4. The van der Waals surface area contributed by atoms with E-state index in [2.05, 4.69) is 10.3 Å². The van der Waals surface area contributed by atoms with Gasteiger partial charge in [0, 0.05) is 11.9 Å². The predicted octanol–water partition coefficient (Wildman–Crippen LogP) is 1.30. The molecule has 0 aliphatic heterocycles. The highest BCUT2D eigenvalue weighted by molar-refractivity contribution is 6.04. The van der Waals surface area contributed by atoms with Gasteiger partial charge >= 0.3 is 0 Å². The molecule has 6 heteroatoms. The summed E-state index contributed by atoms with van der Waals surface area (Å²) in [6.45, 7) is 0. The largest absolute Gasteiger partial charge is 0.364 e. The molecule has 2 amide bonds. The van der Waals surface area contributed by atoms with Crippen LogP contribution in [0.15, 0.2) is 42.6 Å². The Morgan fingerprint density at radius 3 is 2.35 bits per heavy atom. The van der Waals surface area contributed by atoms with Crippen molar-refractivity contribution in [2.45, 2.75) is 0 Å². The third-order valence-electron chi connectivity index (χ3n) is 2.55. The van der Waals surface area contributed by atoms with Gasteiger partial charge in [-0.2, -0.15) is 5.26 Å². The average molecular weight is 266 g/mol. The van der Waals surface area contributed by atoms with Crippen molar-refractivity contribution in [2.24, 2.45) is 5.73 Å². The fraction of sp³-hybridized carbons (Fsp3) is 0. The van der Waals surface area contributed by atoms with Crippen LogP contribution in [0, 0.1) is 11.3 Å². The van der Waals surface area contributed by atoms with Crippen LogP contribution in [0.5, 0.6) is 0 Å². The van der Waals surface area contributed by atoms with Gasteiger partial charge in [-0.3, -0.25) is 14.6 Å². The summed E-state index contributed by atoms with van der Waals surface area (Å²) in [6, 6.07) is 11.3. The van der Waals surface area contributed by atoms with Crippen LogP contribution in [-0.4, -0.2) is 16.8 Å². The minimum atomic E-state index is -0.649. The van der Waals surface area contributed by atoms with Crippen molar-refractivity contribution in [1.82, 2.24) is 4.98 Å². The molecule has 1 aromatic heterocycles. The lowest BCUT2D eigenvalue weighted by Gasteiger charge is -2.05. The highest BCUT2D eigenvalue weighted by Crippen LogP contribution is 2.10. The Hall–Kier alpha value is -3.20. The van der Waals surface area contributed by atoms with Crippen molar-refractivity contribution in [2.75, 3.05) is 5.32 Å². The minimum Gasteiger partial charge on any atom is -0.364 e. The van der Waals surface area contributed by atoms with Crippen molar-refractivity contribution in [3.63, 3.8) is 0 Å². The number of carbonyl (C=O) groups excluding carboxylic acids is 2. The van der Waals surface area contributed by atoms with Gasteiger partial charge in [0.25, 0.3) is 11.8 Å². The first-order valence-electron chi connectivity index (χ1n) is 5.67. The van der Waals surface area contributed by atoms with Crippen molar-refractivity contribution >= 4 is 17.5 Å². The van der Waals surface area contributed by atoms with Gasteiger partial charge in [0.1, 0.15) is 5.69 Å². The molecule has 1 aromatic carbocycles. The highest BCUT2D eigenvalue weighted by Gasteiger charge is 2.08. The van der Waals surface area contributed by atoms with Gasteiger partial charge in [-0.05, 0) is 36.4 Å². The third kappa shape index (κ3) is 2.97. The van der Waals surface area contributed by atoms with Gasteiger partial charge in [-0.1, -0.05) is 0 Å². The number of rotatable bonds is 3. The van der Waals surface area contributed by atoms with Crippen LogP contribution in [0.1, 0.15) is 26.4 Å². The van der Waals surface area contributed by atoms with Crippen LogP contribution >= 0.6 is 0 Å². The summed E-state index contributed by atoms with van der Waals surface area (Å²) in [6.07, 6.45) is 1.28. The summed E-state index contributed by atoms with van der Waals surface area (Å²) >= 11 is 0. The number of nitrogens with two attached hydrogens (primary N) is 1. The number of aromatic nitrogens is 1. The zero-order valence-corrected chi connectivity index (χ0v) is 10.3. The van der Waals surface area contributed by atoms with Gasteiger partial charge in [-0.15, -0.1) is 0 Å². The average Bonchev–Trinajstić information content (AvgIpc) is 2.48. The van der Waals surface area contributed by atoms with Crippen LogP contribution in [0.4, 0.5) is 5.69 Å². The first kappa shape index (κ1) is 13.2. The molecule has 0 saturated heterocycles. The molecular formula is C14H10N4O2. The van der Waals surface area contributed by atoms with Crippen LogP contribution in [0.25, 0.3) is 0 Å². The van der Waals surface area contributed by atoms with E-state index in [4.69, 9.17) is 11.0 Å². The lowest BCUT2D eigenvalue weighted by molar-refractivity contribution is 0.0990. The van der Waals surface area contributed by atoms with E-state index in [9.17, 15) is 9.59 Å². The first-order valence-corrected chi connectivity index (χ1v) is 5.67. The van der Waals surface area contributed by atoms with Crippen molar-refractivity contribution in [1.29, 1.82) is 5.26 Å². The van der Waals surface area contributed by atoms with Gasteiger partial charge < -0.3 is 11.1 Å². The second-order valence-electron chi connectivity index (χ2n) is 3.94. The number of primary amides is 1. The number of hydrogen-bond donors (Lipinski definition) is 2. The lowest BCUT2D eigenvalue weighted by atomic mass is 10.2. The number of pyridine rings is 1. The number of nitriles is 1. The number of nitrogens with one attached hydrogen (secondary N) is 1. The molecule has 6 nitrogen and oxygen atoms in total. The van der Waals surface area contributed by atoms with Gasteiger partial charge in [-0.25, -0.2) is 0 Å². The normalized spacial score (nSPS) is 9.55. The number of nitrogens with zero attached hydrogens (tertiary/aromatic N) is 2. The molecule has 98 valence electrons. The van der Waals surface area contributed by atoms with E-state index in [0.717, 1.165) is 0 Å². The van der Waals surface area contributed by atoms with Gasteiger partial charge in [0.15, 0.2) is 0 Å². The van der Waals surface area contributed by atoms with Crippen molar-refractivity contribution in [3.05, 3.63) is 59.4 Å². The summed E-state index contributed by atoms with van der Waals surface area (Å²) in [4.78, 5) is 26.6. The molecule has 0 bridgehead atoms. The summed E-state index contributed by atoms with van der Waals surface area (Å²) in [5, 5.41) is 11.3. The maximum absolute atomic E-state index is 11.9. The van der Waals surface area contributed by atoms with E-state index in [1.54, 1.807) is 24.3 Å². The Kier molecular flexibility index (Phi) is 3.72. The zero-order valence-electron chi connectivity index (χ0n) is 10.3. The van der Waals surface area contributed by atoms with E-state index in [1.165, 1.54) is 18.3 Å². The topological polar surface area (TPSA) is 109 Å². The Bertz CT molecular complexity index is 685. The summed E-state index contributed by atoms with van der Waals surface area (Å²) in [7, 11) is 0. The molecule has 0 aliphatic carbocycles. The van der Waals surface area contributed by atoms with Crippen molar-refractivity contribution in [3.8, 4) is 6.07 Å². The Balaban J connectivity index is 2.11. The van der Waals surface area contributed by atoms with Crippen LogP contribution in [0.2, 0.25) is 0 Å². The number of carbonyl (C=O) groups is 2. The molecule has 0 atom stereocenters. The summed E-state index contributed by atoms with van der Waals surface area (Å²) in [5.74, 6) is -1.01. The Morgan fingerprint density at radius 2 is 1.85 bits per heavy atom. The van der Waals surface area contributed by atoms with Crippen LogP contribution in [0.3, 0.4) is 0 Å². The fourth-order valence-corrected chi connectivity index (χ4v) is 1.51. The van der Waals surface area contributed by atoms with Crippen LogP contribution < -0.4 is 11.1 Å². The third-order valence-corrected chi connectivity index (χ3v) is 2.55. The van der Waals surface area contributed by atoms with Gasteiger partial charge in [0.2, 0.25) is 0 Å². The molecule has 2 aromatic rings. The maximum atomic E-state index is 11.9. The van der Waals surface area contributed by atoms with Crippen molar-refractivity contribution < 1.29 is 9.59 Å². The highest BCUT2D eigenvalue weighted by atomic mass is 16.2. The zero-order chi connectivity index (χ0) is 14.5. The van der Waals surface area contributed by atoms with E-state index < -0.39 is 5.91 Å². The van der Waals surface area contributed by atoms with E-state index in [1.807, 2.05) is 6.07 Å². The fourth-order valence-electron chi connectivity index (χ4n) is 1.51. The number of benzene rings is 1. The first-order chi connectivity index (χ1) is 9.60. The van der Waals surface area contributed by atoms with Gasteiger partial charge in [0.05, 0.1) is 17.2 Å². The Morgan fingerprint density at radius 1 is 1.15 bits per heavy atom. The molecule has 0 spiro atoms. The van der Waals surface area contributed by atoms with E-state index in [0.29, 0.717) is 16.8 Å².